The smallest absolute Gasteiger partial charge is 0.306 e. The fraction of sp³-hybridized carbons (Fsp3) is 0.296. The first kappa shape index (κ1) is 22.9. The molecule has 33 heavy (non-hydrogen) atoms. The second kappa shape index (κ2) is 9.71. The van der Waals surface area contributed by atoms with Gasteiger partial charge < -0.3 is 10.4 Å². The minimum atomic E-state index is -0.768. The van der Waals surface area contributed by atoms with Crippen LogP contribution in [0.25, 0.3) is 11.1 Å². The Hall–Kier alpha value is -3.25. The maximum absolute atomic E-state index is 13.4. The molecule has 0 unspecified atom stereocenters. The number of amides is 1. The third kappa shape index (κ3) is 4.91. The van der Waals surface area contributed by atoms with E-state index in [1.165, 1.54) is 11.3 Å². The van der Waals surface area contributed by atoms with Gasteiger partial charge in [0, 0.05) is 26.9 Å². The molecular weight excluding hydrogens is 434 g/mol. The van der Waals surface area contributed by atoms with Crippen molar-refractivity contribution in [2.45, 2.75) is 45.6 Å². The summed E-state index contributed by atoms with van der Waals surface area (Å²) in [5, 5.41) is 12.2. The number of carboxylic acid groups (broad SMARTS) is 1. The Bertz CT molecular complexity index is 1170. The van der Waals surface area contributed by atoms with Crippen molar-refractivity contribution in [3.05, 3.63) is 81.0 Å². The molecule has 1 fully saturated rings. The van der Waals surface area contributed by atoms with Crippen molar-refractivity contribution < 1.29 is 19.5 Å². The van der Waals surface area contributed by atoms with Gasteiger partial charge in [-0.25, -0.2) is 0 Å². The fourth-order valence-corrected chi connectivity index (χ4v) is 5.61. The van der Waals surface area contributed by atoms with Gasteiger partial charge in [0.2, 0.25) is 0 Å². The zero-order valence-electron chi connectivity index (χ0n) is 18.8. The lowest BCUT2D eigenvalue weighted by atomic mass is 9.86. The second-order valence-electron chi connectivity index (χ2n) is 8.60. The molecule has 0 radical (unpaired) electrons. The summed E-state index contributed by atoms with van der Waals surface area (Å²) in [6, 6.07) is 17.4. The van der Waals surface area contributed by atoms with Crippen LogP contribution in [0.5, 0.6) is 0 Å². The number of rotatable bonds is 6. The quantitative estimate of drug-likeness (QED) is 0.466. The van der Waals surface area contributed by atoms with Crippen molar-refractivity contribution in [1.29, 1.82) is 0 Å². The lowest BCUT2D eigenvalue weighted by Crippen LogP contribution is -2.39. The van der Waals surface area contributed by atoms with Crippen LogP contribution < -0.4 is 5.32 Å². The number of ketones is 1. The van der Waals surface area contributed by atoms with E-state index in [0.29, 0.717) is 42.4 Å². The number of carbonyl (C=O) groups is 3. The number of nitrogens with one attached hydrogen (secondary N) is 1. The molecule has 1 saturated carbocycles. The first-order chi connectivity index (χ1) is 15.8. The third-order valence-electron chi connectivity index (χ3n) is 6.38. The van der Waals surface area contributed by atoms with E-state index < -0.39 is 5.97 Å². The Morgan fingerprint density at radius 1 is 0.818 bits per heavy atom. The van der Waals surface area contributed by atoms with Crippen molar-refractivity contribution in [2.24, 2.45) is 5.92 Å². The first-order valence-electron chi connectivity index (χ1n) is 11.2. The molecule has 1 aliphatic carbocycles. The molecule has 0 aliphatic heterocycles. The van der Waals surface area contributed by atoms with Gasteiger partial charge in [-0.15, -0.1) is 11.3 Å². The summed E-state index contributed by atoms with van der Waals surface area (Å²) in [5.41, 5.74) is 3.56. The Balaban J connectivity index is 1.54. The largest absolute Gasteiger partial charge is 0.481 e. The predicted molar refractivity (Wildman–Crippen MR) is 130 cm³/mol. The summed E-state index contributed by atoms with van der Waals surface area (Å²) in [6.45, 7) is 3.74. The number of hydrogen-bond acceptors (Lipinski definition) is 4. The van der Waals surface area contributed by atoms with Crippen molar-refractivity contribution in [2.75, 3.05) is 0 Å². The van der Waals surface area contributed by atoms with Crippen molar-refractivity contribution >= 4 is 29.0 Å². The van der Waals surface area contributed by atoms with Crippen molar-refractivity contribution in [1.82, 2.24) is 5.32 Å². The molecule has 0 spiro atoms. The minimum absolute atomic E-state index is 0.0687. The fourth-order valence-electron chi connectivity index (χ4n) is 4.56. The van der Waals surface area contributed by atoms with Crippen LogP contribution in [0, 0.1) is 19.8 Å². The van der Waals surface area contributed by atoms with E-state index in [2.05, 4.69) is 5.32 Å². The van der Waals surface area contributed by atoms with Gasteiger partial charge in [0.25, 0.3) is 5.91 Å². The maximum Gasteiger partial charge on any atom is 0.306 e. The monoisotopic (exact) mass is 461 g/mol. The molecule has 6 heteroatoms. The number of carboxylic acids is 1. The van der Waals surface area contributed by atoms with E-state index in [1.807, 2.05) is 68.4 Å². The molecule has 1 aliphatic rings. The number of aliphatic carboxylic acids is 1. The van der Waals surface area contributed by atoms with Crippen LogP contribution in [0.4, 0.5) is 0 Å². The van der Waals surface area contributed by atoms with E-state index in [-0.39, 0.29) is 23.7 Å². The maximum atomic E-state index is 13.4. The van der Waals surface area contributed by atoms with E-state index in [4.69, 9.17) is 0 Å². The summed E-state index contributed by atoms with van der Waals surface area (Å²) < 4.78 is 0. The minimum Gasteiger partial charge on any atom is -0.481 e. The van der Waals surface area contributed by atoms with Crippen molar-refractivity contribution in [3.8, 4) is 11.1 Å². The summed E-state index contributed by atoms with van der Waals surface area (Å²) in [4.78, 5) is 39.4. The summed E-state index contributed by atoms with van der Waals surface area (Å²) in [5.74, 6) is -1.51. The lowest BCUT2D eigenvalue weighted by Gasteiger charge is -2.27. The van der Waals surface area contributed by atoms with E-state index in [1.54, 1.807) is 0 Å². The molecule has 3 aromatic rings. The Morgan fingerprint density at radius 2 is 1.39 bits per heavy atom. The predicted octanol–water partition coefficient (Wildman–Crippen LogP) is 5.64. The van der Waals surface area contributed by atoms with Crippen LogP contribution >= 0.6 is 11.3 Å². The third-order valence-corrected chi connectivity index (χ3v) is 7.40. The van der Waals surface area contributed by atoms with Crippen LogP contribution in [0.15, 0.2) is 54.6 Å². The molecule has 1 heterocycles. The average molecular weight is 462 g/mol. The molecule has 4 rings (SSSR count). The molecule has 1 amide bonds. The van der Waals surface area contributed by atoms with Crippen LogP contribution in [-0.2, 0) is 4.79 Å². The second-order valence-corrected chi connectivity index (χ2v) is 10.0. The highest BCUT2D eigenvalue weighted by Crippen LogP contribution is 2.31. The zero-order valence-corrected chi connectivity index (χ0v) is 19.6. The number of thiophene rings is 1. The van der Waals surface area contributed by atoms with Gasteiger partial charge in [-0.1, -0.05) is 54.6 Å². The highest BCUT2D eigenvalue weighted by Gasteiger charge is 2.30. The molecule has 1 aromatic heterocycles. The van der Waals surface area contributed by atoms with Gasteiger partial charge in [0.1, 0.15) is 0 Å². The Morgan fingerprint density at radius 3 is 2.00 bits per heavy atom. The highest BCUT2D eigenvalue weighted by molar-refractivity contribution is 7.12. The van der Waals surface area contributed by atoms with Crippen LogP contribution in [0.2, 0.25) is 0 Å². The van der Waals surface area contributed by atoms with E-state index >= 15 is 0 Å². The van der Waals surface area contributed by atoms with Gasteiger partial charge in [-0.2, -0.15) is 0 Å². The van der Waals surface area contributed by atoms with Gasteiger partial charge in [0.15, 0.2) is 5.78 Å². The molecule has 0 bridgehead atoms. The zero-order chi connectivity index (χ0) is 23.5. The summed E-state index contributed by atoms with van der Waals surface area (Å²) >= 11 is 1.45. The topological polar surface area (TPSA) is 83.5 Å². The van der Waals surface area contributed by atoms with Crippen LogP contribution in [0.3, 0.4) is 0 Å². The molecule has 2 aromatic carbocycles. The van der Waals surface area contributed by atoms with Gasteiger partial charge >= 0.3 is 5.97 Å². The number of benzene rings is 2. The first-order valence-corrected chi connectivity index (χ1v) is 12.0. The molecular formula is C27H27NO4S. The highest BCUT2D eigenvalue weighted by atomic mass is 32.1. The number of carbonyl (C=O) groups excluding carboxylic acids is 2. The van der Waals surface area contributed by atoms with Crippen LogP contribution in [0.1, 0.15) is 61.7 Å². The molecule has 5 nitrogen and oxygen atoms in total. The van der Waals surface area contributed by atoms with Gasteiger partial charge in [-0.3, -0.25) is 14.4 Å². The number of hydrogen-bond donors (Lipinski definition) is 2. The Labute approximate surface area is 197 Å². The molecule has 2 N–H and O–H groups in total. The van der Waals surface area contributed by atoms with Crippen molar-refractivity contribution in [3.63, 3.8) is 0 Å². The summed E-state index contributed by atoms with van der Waals surface area (Å²) in [6.07, 6.45) is 2.38. The Kier molecular flexibility index (Phi) is 6.75. The normalized spacial score (nSPS) is 18.0. The standard InChI is InChI=1S/C27H27NO4S/c1-16-23(25(29)20-10-8-19(9-11-20)18-6-4-3-5-7-18)24(17(2)33-16)26(30)28-22-14-12-21(13-15-22)27(31)32/h3-11,21-22H,12-15H2,1-2H3,(H,28,30)(H,31,32). The summed E-state index contributed by atoms with van der Waals surface area (Å²) in [7, 11) is 0. The van der Waals surface area contributed by atoms with E-state index in [0.717, 1.165) is 20.9 Å². The SMILES string of the molecule is Cc1sc(C)c(C(=O)c2ccc(-c3ccccc3)cc2)c1C(=O)NC1CCC(C(=O)O)CC1. The molecule has 170 valence electrons. The number of aryl methyl sites for hydroxylation is 2. The van der Waals surface area contributed by atoms with Crippen LogP contribution in [-0.4, -0.2) is 28.8 Å². The molecule has 0 saturated heterocycles. The van der Waals surface area contributed by atoms with E-state index in [9.17, 15) is 19.5 Å². The van der Waals surface area contributed by atoms with Gasteiger partial charge in [-0.05, 0) is 50.7 Å². The molecule has 0 atom stereocenters. The van der Waals surface area contributed by atoms with Gasteiger partial charge in [0.05, 0.1) is 11.5 Å². The lowest BCUT2D eigenvalue weighted by molar-refractivity contribution is -0.142. The average Bonchev–Trinajstić information content (AvgIpc) is 3.13.